The van der Waals surface area contributed by atoms with E-state index < -0.39 is 29.9 Å². The molecule has 82 valence electrons. The van der Waals surface area contributed by atoms with Gasteiger partial charge in [-0.2, -0.15) is 0 Å². The van der Waals surface area contributed by atoms with Crippen LogP contribution in [0.2, 0.25) is 0 Å². The first-order valence-corrected chi connectivity index (χ1v) is 4.60. The number of halogens is 2. The van der Waals surface area contributed by atoms with E-state index in [4.69, 9.17) is 10.5 Å². The summed E-state index contributed by atoms with van der Waals surface area (Å²) in [4.78, 5) is 0. The summed E-state index contributed by atoms with van der Waals surface area (Å²) in [6.07, 6.45) is -1.56. The zero-order valence-electron chi connectivity index (χ0n) is 8.08. The summed E-state index contributed by atoms with van der Waals surface area (Å²) in [6.45, 7) is 1.62. The van der Waals surface area contributed by atoms with Crippen LogP contribution in [0.15, 0.2) is 12.1 Å². The van der Waals surface area contributed by atoms with Crippen LogP contribution in [0.25, 0.3) is 0 Å². The molecule has 3 N–H and O–H groups in total. The summed E-state index contributed by atoms with van der Waals surface area (Å²) in [5.41, 5.74) is 5.52. The molecular weight excluding hydrogens is 204 g/mol. The Labute approximate surface area is 85.5 Å². The van der Waals surface area contributed by atoms with Gasteiger partial charge in [0.1, 0.15) is 18.0 Å². The van der Waals surface area contributed by atoms with Gasteiger partial charge in [-0.1, -0.05) is 0 Å². The molecule has 0 saturated carbocycles. The Bertz CT molecular complexity index is 397. The largest absolute Gasteiger partial charge is 0.487 e. The van der Waals surface area contributed by atoms with E-state index in [0.717, 1.165) is 6.07 Å². The maximum Gasteiger partial charge on any atom is 0.167 e. The molecule has 5 heteroatoms. The SMILES string of the molecule is C[C@H]1Oc2ccc(F)c(F)c2C(N)[C@@H]1O. The number of aliphatic hydroxyl groups excluding tert-OH is 1. The molecule has 0 aliphatic carbocycles. The highest BCUT2D eigenvalue weighted by molar-refractivity contribution is 5.40. The molecular formula is C10H11F2NO2. The van der Waals surface area contributed by atoms with Crippen molar-refractivity contribution in [3.05, 3.63) is 29.3 Å². The Morgan fingerprint density at radius 3 is 2.73 bits per heavy atom. The van der Waals surface area contributed by atoms with E-state index in [1.165, 1.54) is 6.07 Å². The molecule has 0 spiro atoms. The first-order valence-electron chi connectivity index (χ1n) is 4.60. The molecule has 0 bridgehead atoms. The highest BCUT2D eigenvalue weighted by Crippen LogP contribution is 2.36. The van der Waals surface area contributed by atoms with Crippen molar-refractivity contribution in [1.29, 1.82) is 0 Å². The van der Waals surface area contributed by atoms with Gasteiger partial charge in [0.2, 0.25) is 0 Å². The number of ether oxygens (including phenoxy) is 1. The van der Waals surface area contributed by atoms with Crippen molar-refractivity contribution in [1.82, 2.24) is 0 Å². The summed E-state index contributed by atoms with van der Waals surface area (Å²) in [5, 5.41) is 9.57. The van der Waals surface area contributed by atoms with Crippen LogP contribution in [0, 0.1) is 11.6 Å². The molecule has 3 atom stereocenters. The van der Waals surface area contributed by atoms with Gasteiger partial charge in [0, 0.05) is 0 Å². The summed E-state index contributed by atoms with van der Waals surface area (Å²) >= 11 is 0. The topological polar surface area (TPSA) is 55.5 Å². The standard InChI is InChI=1S/C10H11F2NO2/c1-4-10(14)9(13)7-6(15-4)3-2-5(11)8(7)12/h2-4,9-10,14H,13H2,1H3/t4-,9?,10-/m1/s1. The summed E-state index contributed by atoms with van der Waals surface area (Å²) in [5.74, 6) is -1.85. The predicted molar refractivity (Wildman–Crippen MR) is 49.4 cm³/mol. The van der Waals surface area contributed by atoms with Crippen LogP contribution < -0.4 is 10.5 Å². The Morgan fingerprint density at radius 2 is 2.07 bits per heavy atom. The van der Waals surface area contributed by atoms with Crippen molar-refractivity contribution >= 4 is 0 Å². The van der Waals surface area contributed by atoms with Crippen molar-refractivity contribution in [2.45, 2.75) is 25.2 Å². The number of aliphatic hydroxyl groups is 1. The molecule has 15 heavy (non-hydrogen) atoms. The Balaban J connectivity index is 2.56. The van der Waals surface area contributed by atoms with Crippen molar-refractivity contribution < 1.29 is 18.6 Å². The molecule has 1 aliphatic heterocycles. The second-order valence-corrected chi connectivity index (χ2v) is 3.61. The van der Waals surface area contributed by atoms with E-state index in [1.54, 1.807) is 6.92 Å². The van der Waals surface area contributed by atoms with Crippen LogP contribution in [0.4, 0.5) is 8.78 Å². The lowest BCUT2D eigenvalue weighted by Gasteiger charge is -2.33. The van der Waals surface area contributed by atoms with Gasteiger partial charge in [0.05, 0.1) is 11.6 Å². The van der Waals surface area contributed by atoms with Gasteiger partial charge in [-0.15, -0.1) is 0 Å². The van der Waals surface area contributed by atoms with Gasteiger partial charge >= 0.3 is 0 Å². The van der Waals surface area contributed by atoms with Crippen molar-refractivity contribution in [2.24, 2.45) is 5.73 Å². The van der Waals surface area contributed by atoms with E-state index in [1.807, 2.05) is 0 Å². The first-order chi connectivity index (χ1) is 7.02. The summed E-state index contributed by atoms with van der Waals surface area (Å²) < 4.78 is 31.5. The number of rotatable bonds is 0. The molecule has 0 fully saturated rings. The van der Waals surface area contributed by atoms with Crippen LogP contribution in [-0.2, 0) is 0 Å². The lowest BCUT2D eigenvalue weighted by Crippen LogP contribution is -2.42. The average Bonchev–Trinajstić information content (AvgIpc) is 2.20. The maximum atomic E-state index is 13.4. The van der Waals surface area contributed by atoms with Gasteiger partial charge in [0.25, 0.3) is 0 Å². The van der Waals surface area contributed by atoms with Gasteiger partial charge in [-0.05, 0) is 19.1 Å². The number of nitrogens with two attached hydrogens (primary N) is 1. The van der Waals surface area contributed by atoms with E-state index in [0.29, 0.717) is 0 Å². The fraction of sp³-hybridized carbons (Fsp3) is 0.400. The van der Waals surface area contributed by atoms with Gasteiger partial charge in [-0.25, -0.2) is 8.78 Å². The van der Waals surface area contributed by atoms with E-state index >= 15 is 0 Å². The Hall–Kier alpha value is -1.20. The Kier molecular flexibility index (Phi) is 2.36. The van der Waals surface area contributed by atoms with Crippen LogP contribution in [0.3, 0.4) is 0 Å². The molecule has 1 heterocycles. The first kappa shape index (κ1) is 10.3. The normalized spacial score (nSPS) is 29.5. The van der Waals surface area contributed by atoms with Crippen molar-refractivity contribution in [2.75, 3.05) is 0 Å². The number of hydrogen-bond donors (Lipinski definition) is 2. The van der Waals surface area contributed by atoms with E-state index in [9.17, 15) is 13.9 Å². The fourth-order valence-corrected chi connectivity index (χ4v) is 1.69. The molecule has 0 aromatic heterocycles. The minimum Gasteiger partial charge on any atom is -0.487 e. The monoisotopic (exact) mass is 215 g/mol. The fourth-order valence-electron chi connectivity index (χ4n) is 1.69. The number of hydrogen-bond acceptors (Lipinski definition) is 3. The molecule has 1 aromatic rings. The van der Waals surface area contributed by atoms with Crippen LogP contribution in [-0.4, -0.2) is 17.3 Å². The third-order valence-electron chi connectivity index (χ3n) is 2.59. The summed E-state index contributed by atoms with van der Waals surface area (Å²) in [7, 11) is 0. The quantitative estimate of drug-likeness (QED) is 0.681. The maximum absolute atomic E-state index is 13.4. The lowest BCUT2D eigenvalue weighted by atomic mass is 9.94. The second-order valence-electron chi connectivity index (χ2n) is 3.61. The molecule has 2 rings (SSSR count). The molecule has 0 amide bonds. The highest BCUT2D eigenvalue weighted by atomic mass is 19.2. The van der Waals surface area contributed by atoms with Crippen LogP contribution in [0.5, 0.6) is 5.75 Å². The van der Waals surface area contributed by atoms with Crippen molar-refractivity contribution in [3.8, 4) is 5.75 Å². The van der Waals surface area contributed by atoms with Gasteiger partial charge < -0.3 is 15.6 Å². The van der Waals surface area contributed by atoms with E-state index in [2.05, 4.69) is 0 Å². The molecule has 1 unspecified atom stereocenters. The van der Waals surface area contributed by atoms with Gasteiger partial charge in [0.15, 0.2) is 11.6 Å². The zero-order valence-corrected chi connectivity index (χ0v) is 8.08. The third kappa shape index (κ3) is 1.48. The molecule has 1 aliphatic rings. The average molecular weight is 215 g/mol. The minimum atomic E-state index is -1.05. The number of fused-ring (bicyclic) bond motifs is 1. The predicted octanol–water partition coefficient (Wildman–Crippen LogP) is 1.11. The third-order valence-corrected chi connectivity index (χ3v) is 2.59. The highest BCUT2D eigenvalue weighted by Gasteiger charge is 2.35. The molecule has 0 radical (unpaired) electrons. The lowest BCUT2D eigenvalue weighted by molar-refractivity contribution is 0.0107. The van der Waals surface area contributed by atoms with Crippen molar-refractivity contribution in [3.63, 3.8) is 0 Å². The Morgan fingerprint density at radius 1 is 1.40 bits per heavy atom. The van der Waals surface area contributed by atoms with E-state index in [-0.39, 0.29) is 11.3 Å². The zero-order chi connectivity index (χ0) is 11.2. The van der Waals surface area contributed by atoms with Crippen LogP contribution >= 0.6 is 0 Å². The van der Waals surface area contributed by atoms with Crippen LogP contribution in [0.1, 0.15) is 18.5 Å². The number of benzene rings is 1. The second kappa shape index (κ2) is 3.43. The molecule has 3 nitrogen and oxygen atoms in total. The summed E-state index contributed by atoms with van der Waals surface area (Å²) in [6, 6.07) is 1.33. The van der Waals surface area contributed by atoms with Gasteiger partial charge in [-0.3, -0.25) is 0 Å². The molecule has 1 aromatic carbocycles. The molecule has 0 saturated heterocycles. The smallest absolute Gasteiger partial charge is 0.167 e. The minimum absolute atomic E-state index is 0.0967.